The number of nitrogens with one attached hydrogen (secondary N) is 1. The van der Waals surface area contributed by atoms with Gasteiger partial charge >= 0.3 is 5.97 Å². The fourth-order valence-corrected chi connectivity index (χ4v) is 1.77. The van der Waals surface area contributed by atoms with Gasteiger partial charge in [0.15, 0.2) is 5.76 Å². The molecule has 20 heavy (non-hydrogen) atoms. The summed E-state index contributed by atoms with van der Waals surface area (Å²) in [6.07, 6.45) is 0.197. The minimum absolute atomic E-state index is 0.0606. The van der Waals surface area contributed by atoms with Gasteiger partial charge in [-0.1, -0.05) is 18.7 Å². The summed E-state index contributed by atoms with van der Waals surface area (Å²) in [4.78, 5) is 22.9. The van der Waals surface area contributed by atoms with Gasteiger partial charge in [-0.2, -0.15) is 8.78 Å². The third-order valence-electron chi connectivity index (χ3n) is 2.81. The average Bonchev–Trinajstić information content (AvgIpc) is 2.84. The molecule has 5 nitrogen and oxygen atoms in total. The van der Waals surface area contributed by atoms with E-state index in [2.05, 4.69) is 5.32 Å². The minimum Gasteiger partial charge on any atom is -0.480 e. The summed E-state index contributed by atoms with van der Waals surface area (Å²) >= 11 is 0.379. The lowest BCUT2D eigenvalue weighted by Crippen LogP contribution is -2.51. The second kappa shape index (κ2) is 6.74. The van der Waals surface area contributed by atoms with Crippen LogP contribution in [0.5, 0.6) is 0 Å². The molecular weight excluding hydrogens is 292 g/mol. The normalized spacial score (nSPS) is 14.1. The number of carbonyl (C=O) groups excluding carboxylic acids is 1. The van der Waals surface area contributed by atoms with Crippen LogP contribution in [0.2, 0.25) is 0 Å². The average molecular weight is 307 g/mol. The van der Waals surface area contributed by atoms with Gasteiger partial charge in [-0.25, -0.2) is 4.79 Å². The van der Waals surface area contributed by atoms with Crippen LogP contribution in [0.25, 0.3) is 0 Å². The Morgan fingerprint density at radius 3 is 2.65 bits per heavy atom. The van der Waals surface area contributed by atoms with Crippen LogP contribution >= 0.6 is 11.8 Å². The van der Waals surface area contributed by atoms with Crippen LogP contribution in [0.4, 0.5) is 8.78 Å². The fraction of sp³-hybridized carbons (Fsp3) is 0.500. The summed E-state index contributed by atoms with van der Waals surface area (Å²) in [7, 11) is 0. The monoisotopic (exact) mass is 307 g/mol. The van der Waals surface area contributed by atoms with Gasteiger partial charge in [-0.15, -0.1) is 0 Å². The quantitative estimate of drug-likeness (QED) is 0.809. The Hall–Kier alpha value is -1.57. The first kappa shape index (κ1) is 16.5. The van der Waals surface area contributed by atoms with Gasteiger partial charge in [0.1, 0.15) is 11.3 Å². The molecule has 0 fully saturated rings. The number of carboxylic acids is 1. The molecule has 0 saturated carbocycles. The van der Waals surface area contributed by atoms with Crippen molar-refractivity contribution in [3.8, 4) is 0 Å². The molecule has 1 aromatic heterocycles. The van der Waals surface area contributed by atoms with Crippen LogP contribution in [0.3, 0.4) is 0 Å². The molecule has 0 saturated heterocycles. The smallest absolute Gasteiger partial charge is 0.329 e. The molecular formula is C12H15F2NO4S. The molecule has 0 spiro atoms. The Balaban J connectivity index is 2.71. The van der Waals surface area contributed by atoms with Gasteiger partial charge in [0.2, 0.25) is 0 Å². The van der Waals surface area contributed by atoms with Gasteiger partial charge in [-0.3, -0.25) is 4.79 Å². The number of rotatable bonds is 7. The number of amides is 1. The molecule has 1 amide bonds. The highest BCUT2D eigenvalue weighted by atomic mass is 32.2. The molecule has 0 aliphatic heterocycles. The minimum atomic E-state index is -2.52. The maximum atomic E-state index is 12.0. The van der Waals surface area contributed by atoms with Crippen LogP contribution < -0.4 is 5.32 Å². The lowest BCUT2D eigenvalue weighted by atomic mass is 9.99. The number of halogens is 2. The lowest BCUT2D eigenvalue weighted by Gasteiger charge is -2.23. The number of carbonyl (C=O) groups is 2. The Bertz CT molecular complexity index is 492. The number of furan rings is 1. The molecule has 8 heteroatoms. The molecule has 0 aliphatic rings. The van der Waals surface area contributed by atoms with Crippen molar-refractivity contribution in [2.24, 2.45) is 0 Å². The van der Waals surface area contributed by atoms with Crippen molar-refractivity contribution in [2.75, 3.05) is 0 Å². The Morgan fingerprint density at radius 2 is 2.15 bits per heavy atom. The van der Waals surface area contributed by atoms with E-state index in [1.165, 1.54) is 19.1 Å². The molecule has 2 N–H and O–H groups in total. The molecule has 112 valence electrons. The van der Waals surface area contributed by atoms with Gasteiger partial charge in [0.05, 0.1) is 5.75 Å². The highest BCUT2D eigenvalue weighted by molar-refractivity contribution is 7.98. The molecule has 1 aromatic rings. The Labute approximate surface area is 118 Å². The molecule has 0 bridgehead atoms. The van der Waals surface area contributed by atoms with E-state index in [1.807, 2.05) is 0 Å². The van der Waals surface area contributed by atoms with Crippen molar-refractivity contribution in [2.45, 2.75) is 37.3 Å². The van der Waals surface area contributed by atoms with E-state index in [-0.39, 0.29) is 23.7 Å². The zero-order chi connectivity index (χ0) is 15.3. The van der Waals surface area contributed by atoms with Crippen molar-refractivity contribution in [3.05, 3.63) is 23.7 Å². The van der Waals surface area contributed by atoms with E-state index < -0.39 is 23.2 Å². The number of carboxylic acid groups (broad SMARTS) is 1. The third kappa shape index (κ3) is 4.22. The SMILES string of the molecule is CCC(C)(NC(=O)c1ccc(CSC(F)F)o1)C(=O)O. The first-order valence-corrected chi connectivity index (χ1v) is 6.87. The van der Waals surface area contributed by atoms with Gasteiger partial charge in [-0.05, 0) is 25.5 Å². The van der Waals surface area contributed by atoms with Crippen molar-refractivity contribution < 1.29 is 27.9 Å². The maximum absolute atomic E-state index is 12.0. The van der Waals surface area contributed by atoms with Crippen LogP contribution in [0, 0.1) is 0 Å². The molecule has 1 rings (SSSR count). The maximum Gasteiger partial charge on any atom is 0.329 e. The first-order chi connectivity index (χ1) is 9.28. The first-order valence-electron chi connectivity index (χ1n) is 5.83. The van der Waals surface area contributed by atoms with E-state index in [0.717, 1.165) is 0 Å². The Kier molecular flexibility index (Phi) is 5.55. The van der Waals surface area contributed by atoms with E-state index >= 15 is 0 Å². The second-order valence-electron chi connectivity index (χ2n) is 4.28. The predicted octanol–water partition coefficient (Wildman–Crippen LogP) is 2.72. The second-order valence-corrected chi connectivity index (χ2v) is 5.26. The summed E-state index contributed by atoms with van der Waals surface area (Å²) in [5.41, 5.74) is -1.40. The fourth-order valence-electron chi connectivity index (χ4n) is 1.33. The van der Waals surface area contributed by atoms with E-state index in [1.54, 1.807) is 6.92 Å². The summed E-state index contributed by atoms with van der Waals surface area (Å²) in [6, 6.07) is 2.74. The lowest BCUT2D eigenvalue weighted by molar-refractivity contribution is -0.143. The highest BCUT2D eigenvalue weighted by Gasteiger charge is 2.33. The predicted molar refractivity (Wildman–Crippen MR) is 69.8 cm³/mol. The van der Waals surface area contributed by atoms with E-state index in [9.17, 15) is 18.4 Å². The standard InChI is InChI=1S/C12H15F2NO4S/c1-3-12(2,10(17)18)15-9(16)8-5-4-7(19-8)6-20-11(13)14/h4-5,11H,3,6H2,1-2H3,(H,15,16)(H,17,18). The van der Waals surface area contributed by atoms with Crippen LogP contribution in [-0.4, -0.2) is 28.3 Å². The molecule has 1 unspecified atom stereocenters. The highest BCUT2D eigenvalue weighted by Crippen LogP contribution is 2.21. The van der Waals surface area contributed by atoms with E-state index in [0.29, 0.717) is 11.8 Å². The summed E-state index contributed by atoms with van der Waals surface area (Å²) in [5.74, 6) is -4.30. The van der Waals surface area contributed by atoms with E-state index in [4.69, 9.17) is 9.52 Å². The summed E-state index contributed by atoms with van der Waals surface area (Å²) in [5, 5.41) is 11.4. The summed E-state index contributed by atoms with van der Waals surface area (Å²) < 4.78 is 29.1. The van der Waals surface area contributed by atoms with Crippen LogP contribution in [-0.2, 0) is 10.5 Å². The number of hydrogen-bond acceptors (Lipinski definition) is 4. The third-order valence-corrected chi connectivity index (χ3v) is 3.51. The van der Waals surface area contributed by atoms with Gasteiger partial charge < -0.3 is 14.8 Å². The van der Waals surface area contributed by atoms with Gasteiger partial charge in [0.25, 0.3) is 11.7 Å². The molecule has 1 heterocycles. The number of hydrogen-bond donors (Lipinski definition) is 2. The molecule has 1 atom stereocenters. The van der Waals surface area contributed by atoms with Crippen molar-refractivity contribution in [1.82, 2.24) is 5.32 Å². The molecule has 0 aliphatic carbocycles. The zero-order valence-corrected chi connectivity index (χ0v) is 11.8. The van der Waals surface area contributed by atoms with Crippen molar-refractivity contribution in [1.29, 1.82) is 0 Å². The number of alkyl halides is 2. The van der Waals surface area contributed by atoms with Crippen LogP contribution in [0.1, 0.15) is 36.6 Å². The van der Waals surface area contributed by atoms with Crippen molar-refractivity contribution in [3.63, 3.8) is 0 Å². The molecule has 0 radical (unpaired) electrons. The van der Waals surface area contributed by atoms with Crippen LogP contribution in [0.15, 0.2) is 16.5 Å². The summed E-state index contributed by atoms with van der Waals surface area (Å²) in [6.45, 7) is 3.00. The largest absolute Gasteiger partial charge is 0.480 e. The Morgan fingerprint density at radius 1 is 1.50 bits per heavy atom. The number of thioether (sulfide) groups is 1. The zero-order valence-electron chi connectivity index (χ0n) is 11.0. The topological polar surface area (TPSA) is 79.5 Å². The molecule has 0 aromatic carbocycles. The van der Waals surface area contributed by atoms with Gasteiger partial charge in [0, 0.05) is 0 Å². The number of aliphatic carboxylic acids is 1. The van der Waals surface area contributed by atoms with Crippen molar-refractivity contribution >= 4 is 23.6 Å².